The molecule has 0 atom stereocenters. The Balaban J connectivity index is 1.35. The Morgan fingerprint density at radius 3 is 2.13 bits per heavy atom. The summed E-state index contributed by atoms with van der Waals surface area (Å²) in [5, 5.41) is 3.03. The summed E-state index contributed by atoms with van der Waals surface area (Å²) in [4.78, 5) is 17.0. The summed E-state index contributed by atoms with van der Waals surface area (Å²) in [6, 6.07) is 14.0. The van der Waals surface area contributed by atoms with Gasteiger partial charge in [-0.3, -0.25) is 14.6 Å². The Hall–Kier alpha value is -2.77. The minimum Gasteiger partial charge on any atom is -0.497 e. The number of hydrogen-bond donors (Lipinski definition) is 1. The Morgan fingerprint density at radius 2 is 1.48 bits per heavy atom. The SMILES string of the molecule is COc1ccc(CN2CCN(CC(=O)NCCc3ccc(OC)c(OC)c3)CC2)cc1. The fraction of sp³-hybridized carbons (Fsp3) is 0.458. The van der Waals surface area contributed by atoms with Crippen molar-refractivity contribution in [3.05, 3.63) is 53.6 Å². The first kappa shape index (κ1) is 22.9. The molecule has 7 nitrogen and oxygen atoms in total. The maximum atomic E-state index is 12.3. The van der Waals surface area contributed by atoms with Crippen LogP contribution >= 0.6 is 0 Å². The average molecular weight is 428 g/mol. The van der Waals surface area contributed by atoms with Crippen molar-refractivity contribution in [3.8, 4) is 17.2 Å². The number of benzene rings is 2. The zero-order valence-electron chi connectivity index (χ0n) is 18.7. The summed E-state index contributed by atoms with van der Waals surface area (Å²) >= 11 is 0. The fourth-order valence-corrected chi connectivity index (χ4v) is 3.74. The molecular weight excluding hydrogens is 394 g/mol. The first-order valence-corrected chi connectivity index (χ1v) is 10.7. The summed E-state index contributed by atoms with van der Waals surface area (Å²) in [6.45, 7) is 5.71. The number of nitrogens with zero attached hydrogens (tertiary/aromatic N) is 2. The number of methoxy groups -OCH3 is 3. The lowest BCUT2D eigenvalue weighted by molar-refractivity contribution is -0.122. The molecule has 1 amide bonds. The standard InChI is InChI=1S/C24H33N3O4/c1-29-21-7-4-20(5-8-21)17-26-12-14-27(15-13-26)18-24(28)25-11-10-19-6-9-22(30-2)23(16-19)31-3/h4-9,16H,10-15,17-18H2,1-3H3,(H,25,28). The second-order valence-corrected chi connectivity index (χ2v) is 7.69. The number of carbonyl (C=O) groups is 1. The van der Waals surface area contributed by atoms with Crippen LogP contribution in [0.2, 0.25) is 0 Å². The monoisotopic (exact) mass is 427 g/mol. The van der Waals surface area contributed by atoms with Crippen LogP contribution in [0.5, 0.6) is 17.2 Å². The predicted octanol–water partition coefficient (Wildman–Crippen LogP) is 2.19. The quantitative estimate of drug-likeness (QED) is 0.627. The van der Waals surface area contributed by atoms with Gasteiger partial charge in [0, 0.05) is 39.3 Å². The van der Waals surface area contributed by atoms with Gasteiger partial charge in [-0.05, 0) is 41.8 Å². The molecule has 1 aliphatic heterocycles. The highest BCUT2D eigenvalue weighted by Crippen LogP contribution is 2.27. The van der Waals surface area contributed by atoms with Gasteiger partial charge in [-0.1, -0.05) is 18.2 Å². The number of carbonyl (C=O) groups excluding carboxylic acids is 1. The molecule has 1 aliphatic rings. The van der Waals surface area contributed by atoms with E-state index in [0.29, 0.717) is 24.6 Å². The van der Waals surface area contributed by atoms with Crippen LogP contribution in [0.25, 0.3) is 0 Å². The summed E-state index contributed by atoms with van der Waals surface area (Å²) in [5.41, 5.74) is 2.38. The molecule has 0 saturated carbocycles. The van der Waals surface area contributed by atoms with E-state index >= 15 is 0 Å². The van der Waals surface area contributed by atoms with Crippen molar-refractivity contribution in [2.75, 3.05) is 60.6 Å². The molecule has 0 aliphatic carbocycles. The van der Waals surface area contributed by atoms with E-state index in [0.717, 1.165) is 50.5 Å². The minimum atomic E-state index is 0.0732. The van der Waals surface area contributed by atoms with Crippen LogP contribution in [0.15, 0.2) is 42.5 Å². The van der Waals surface area contributed by atoms with E-state index in [1.54, 1.807) is 21.3 Å². The lowest BCUT2D eigenvalue weighted by Gasteiger charge is -2.34. The molecular formula is C24H33N3O4. The number of rotatable bonds is 10. The zero-order valence-corrected chi connectivity index (χ0v) is 18.7. The van der Waals surface area contributed by atoms with Crippen molar-refractivity contribution in [1.82, 2.24) is 15.1 Å². The second kappa shape index (κ2) is 11.6. The largest absolute Gasteiger partial charge is 0.497 e. The van der Waals surface area contributed by atoms with E-state index in [2.05, 4.69) is 27.2 Å². The van der Waals surface area contributed by atoms with Crippen LogP contribution in [-0.2, 0) is 17.8 Å². The number of hydrogen-bond acceptors (Lipinski definition) is 6. The molecule has 3 rings (SSSR count). The van der Waals surface area contributed by atoms with Gasteiger partial charge in [0.15, 0.2) is 11.5 Å². The number of ether oxygens (including phenoxy) is 3. The normalized spacial score (nSPS) is 14.8. The van der Waals surface area contributed by atoms with E-state index in [4.69, 9.17) is 14.2 Å². The summed E-state index contributed by atoms with van der Waals surface area (Å²) in [6.07, 6.45) is 0.752. The molecule has 1 heterocycles. The van der Waals surface area contributed by atoms with Crippen LogP contribution in [0, 0.1) is 0 Å². The maximum absolute atomic E-state index is 12.3. The van der Waals surface area contributed by atoms with Crippen molar-refractivity contribution in [1.29, 1.82) is 0 Å². The smallest absolute Gasteiger partial charge is 0.234 e. The van der Waals surface area contributed by atoms with E-state index in [-0.39, 0.29) is 5.91 Å². The molecule has 0 aromatic heterocycles. The topological polar surface area (TPSA) is 63.3 Å². The van der Waals surface area contributed by atoms with E-state index in [9.17, 15) is 4.79 Å². The van der Waals surface area contributed by atoms with Gasteiger partial charge in [0.05, 0.1) is 27.9 Å². The molecule has 1 saturated heterocycles. The summed E-state index contributed by atoms with van der Waals surface area (Å²) in [5.74, 6) is 2.37. The highest BCUT2D eigenvalue weighted by atomic mass is 16.5. The van der Waals surface area contributed by atoms with Gasteiger partial charge in [0.1, 0.15) is 5.75 Å². The van der Waals surface area contributed by atoms with Gasteiger partial charge in [0.25, 0.3) is 0 Å². The van der Waals surface area contributed by atoms with Crippen LogP contribution in [0.1, 0.15) is 11.1 Å². The molecule has 2 aromatic rings. The highest BCUT2D eigenvalue weighted by Gasteiger charge is 2.19. The van der Waals surface area contributed by atoms with Gasteiger partial charge >= 0.3 is 0 Å². The Labute approximate surface area is 184 Å². The molecule has 0 bridgehead atoms. The van der Waals surface area contributed by atoms with Crippen molar-refractivity contribution >= 4 is 5.91 Å². The van der Waals surface area contributed by atoms with E-state index in [1.807, 2.05) is 30.3 Å². The number of nitrogens with one attached hydrogen (secondary N) is 1. The van der Waals surface area contributed by atoms with Crippen LogP contribution in [0.3, 0.4) is 0 Å². The minimum absolute atomic E-state index is 0.0732. The van der Waals surface area contributed by atoms with Crippen molar-refractivity contribution < 1.29 is 19.0 Å². The average Bonchev–Trinajstić information content (AvgIpc) is 2.80. The van der Waals surface area contributed by atoms with Crippen molar-refractivity contribution in [2.24, 2.45) is 0 Å². The van der Waals surface area contributed by atoms with E-state index < -0.39 is 0 Å². The van der Waals surface area contributed by atoms with Gasteiger partial charge in [-0.25, -0.2) is 0 Å². The summed E-state index contributed by atoms with van der Waals surface area (Å²) < 4.78 is 15.8. The first-order chi connectivity index (χ1) is 15.1. The molecule has 2 aromatic carbocycles. The van der Waals surface area contributed by atoms with Crippen LogP contribution in [0.4, 0.5) is 0 Å². The zero-order chi connectivity index (χ0) is 22.1. The highest BCUT2D eigenvalue weighted by molar-refractivity contribution is 5.78. The molecule has 1 fully saturated rings. The van der Waals surface area contributed by atoms with Crippen LogP contribution in [-0.4, -0.2) is 76.3 Å². The molecule has 0 unspecified atom stereocenters. The number of amides is 1. The third-order valence-corrected chi connectivity index (χ3v) is 5.58. The third-order valence-electron chi connectivity index (χ3n) is 5.58. The second-order valence-electron chi connectivity index (χ2n) is 7.69. The molecule has 1 N–H and O–H groups in total. The Morgan fingerprint density at radius 1 is 0.839 bits per heavy atom. The van der Waals surface area contributed by atoms with Gasteiger partial charge in [-0.15, -0.1) is 0 Å². The Kier molecular flexibility index (Phi) is 8.55. The fourth-order valence-electron chi connectivity index (χ4n) is 3.74. The lowest BCUT2D eigenvalue weighted by Crippen LogP contribution is -2.49. The Bertz CT molecular complexity index is 833. The molecule has 31 heavy (non-hydrogen) atoms. The molecule has 168 valence electrons. The lowest BCUT2D eigenvalue weighted by atomic mass is 10.1. The third kappa shape index (κ3) is 6.87. The van der Waals surface area contributed by atoms with E-state index in [1.165, 1.54) is 5.56 Å². The summed E-state index contributed by atoms with van der Waals surface area (Å²) in [7, 11) is 4.93. The number of piperazine rings is 1. The van der Waals surface area contributed by atoms with Crippen molar-refractivity contribution in [2.45, 2.75) is 13.0 Å². The van der Waals surface area contributed by atoms with Gasteiger partial charge in [0.2, 0.25) is 5.91 Å². The van der Waals surface area contributed by atoms with Gasteiger partial charge in [-0.2, -0.15) is 0 Å². The molecule has 7 heteroatoms. The molecule has 0 spiro atoms. The van der Waals surface area contributed by atoms with Crippen LogP contribution < -0.4 is 19.5 Å². The van der Waals surface area contributed by atoms with Crippen molar-refractivity contribution in [3.63, 3.8) is 0 Å². The first-order valence-electron chi connectivity index (χ1n) is 10.7. The predicted molar refractivity (Wildman–Crippen MR) is 121 cm³/mol. The molecule has 0 radical (unpaired) electrons. The maximum Gasteiger partial charge on any atom is 0.234 e. The van der Waals surface area contributed by atoms with Gasteiger partial charge < -0.3 is 19.5 Å².